The molecule has 2 fully saturated rings. The second-order valence-electron chi connectivity index (χ2n) is 10.4. The summed E-state index contributed by atoms with van der Waals surface area (Å²) in [5, 5.41) is 0. The molecule has 0 heterocycles. The first-order chi connectivity index (χ1) is 16.2. The lowest BCUT2D eigenvalue weighted by molar-refractivity contribution is -0.276. The summed E-state index contributed by atoms with van der Waals surface area (Å²) in [6, 6.07) is 1.93. The van der Waals surface area contributed by atoms with Crippen molar-refractivity contribution >= 4 is 0 Å². The highest BCUT2D eigenvalue weighted by Crippen LogP contribution is 2.43. The Balaban J connectivity index is 1.36. The van der Waals surface area contributed by atoms with Gasteiger partial charge in [-0.2, -0.15) is 0 Å². The molecule has 1 nitrogen and oxygen atoms in total. The Kier molecular flexibility index (Phi) is 10.3. The van der Waals surface area contributed by atoms with Crippen LogP contribution in [0.25, 0.3) is 0 Å². The Bertz CT molecular complexity index is 748. The highest BCUT2D eigenvalue weighted by atomic mass is 19.4. The molecule has 0 bridgehead atoms. The summed E-state index contributed by atoms with van der Waals surface area (Å²) in [6.45, 7) is 2.08. The van der Waals surface area contributed by atoms with Gasteiger partial charge in [0.1, 0.15) is 0 Å². The van der Waals surface area contributed by atoms with Gasteiger partial charge >= 0.3 is 6.36 Å². The third-order valence-electron chi connectivity index (χ3n) is 8.04. The van der Waals surface area contributed by atoms with Crippen LogP contribution in [-0.4, -0.2) is 6.36 Å². The molecule has 1 aromatic rings. The molecule has 0 unspecified atom stereocenters. The van der Waals surface area contributed by atoms with Gasteiger partial charge in [0, 0.05) is 0 Å². The van der Waals surface area contributed by atoms with Crippen LogP contribution in [-0.2, 0) is 6.42 Å². The van der Waals surface area contributed by atoms with Crippen LogP contribution in [0.5, 0.6) is 5.75 Å². The largest absolute Gasteiger partial charge is 0.573 e. The van der Waals surface area contributed by atoms with Crippen LogP contribution in [0.4, 0.5) is 22.0 Å². The quantitative estimate of drug-likeness (QED) is 0.182. The van der Waals surface area contributed by atoms with Gasteiger partial charge in [0.15, 0.2) is 11.6 Å². The monoisotopic (exact) mass is 486 g/mol. The minimum Gasteiger partial charge on any atom is -0.399 e. The second kappa shape index (κ2) is 12.9. The number of unbranched alkanes of at least 4 members (excludes halogenated alkanes) is 2. The van der Waals surface area contributed by atoms with Crippen LogP contribution in [0.2, 0.25) is 0 Å². The molecule has 2 aliphatic rings. The van der Waals surface area contributed by atoms with Crippen molar-refractivity contribution in [3.8, 4) is 5.75 Å². The molecule has 34 heavy (non-hydrogen) atoms. The maximum atomic E-state index is 13.9. The Morgan fingerprint density at radius 2 is 1.35 bits per heavy atom. The molecule has 3 rings (SSSR count). The van der Waals surface area contributed by atoms with Crippen LogP contribution in [0, 0.1) is 35.3 Å². The Morgan fingerprint density at radius 1 is 0.824 bits per heavy atom. The summed E-state index contributed by atoms with van der Waals surface area (Å²) in [5.41, 5.74) is 0.385. The van der Waals surface area contributed by atoms with Crippen LogP contribution >= 0.6 is 0 Å². The maximum absolute atomic E-state index is 13.9. The summed E-state index contributed by atoms with van der Waals surface area (Å²) in [4.78, 5) is 0. The smallest absolute Gasteiger partial charge is 0.399 e. The normalized spacial score (nSPS) is 26.2. The Morgan fingerprint density at radius 3 is 1.85 bits per heavy atom. The number of halogens is 5. The average Bonchev–Trinajstić information content (AvgIpc) is 2.80. The zero-order chi connectivity index (χ0) is 24.6. The van der Waals surface area contributed by atoms with Crippen molar-refractivity contribution in [3.63, 3.8) is 0 Å². The first-order valence-corrected chi connectivity index (χ1v) is 13.1. The SMILES string of the molecule is C/C=C/CCCCC1CCC(C2CCC(CCc3cc(F)c(OC(F)(F)F)c(F)c3)CC2)CC1. The fraction of sp³-hybridized carbons (Fsp3) is 0.714. The first kappa shape index (κ1) is 27.0. The number of rotatable bonds is 10. The molecule has 0 atom stereocenters. The molecule has 0 radical (unpaired) electrons. The van der Waals surface area contributed by atoms with Crippen LogP contribution < -0.4 is 4.74 Å². The van der Waals surface area contributed by atoms with E-state index in [2.05, 4.69) is 23.8 Å². The molecule has 0 saturated heterocycles. The van der Waals surface area contributed by atoms with E-state index in [1.165, 1.54) is 64.2 Å². The number of hydrogen-bond acceptors (Lipinski definition) is 1. The molecule has 0 N–H and O–H groups in total. The van der Waals surface area contributed by atoms with Crippen molar-refractivity contribution in [3.05, 3.63) is 41.5 Å². The van der Waals surface area contributed by atoms with Gasteiger partial charge in [0.25, 0.3) is 0 Å². The van der Waals surface area contributed by atoms with E-state index in [9.17, 15) is 22.0 Å². The lowest BCUT2D eigenvalue weighted by atomic mass is 9.68. The van der Waals surface area contributed by atoms with Gasteiger partial charge in [0.2, 0.25) is 5.75 Å². The predicted molar refractivity (Wildman–Crippen MR) is 126 cm³/mol. The van der Waals surface area contributed by atoms with Crippen LogP contribution in [0.3, 0.4) is 0 Å². The van der Waals surface area contributed by atoms with E-state index in [-0.39, 0.29) is 0 Å². The van der Waals surface area contributed by atoms with Crippen LogP contribution in [0.1, 0.15) is 96.0 Å². The third kappa shape index (κ3) is 8.57. The molecule has 0 spiro atoms. The number of hydrogen-bond donors (Lipinski definition) is 0. The summed E-state index contributed by atoms with van der Waals surface area (Å²) in [6.07, 6.45) is 16.0. The third-order valence-corrected chi connectivity index (χ3v) is 8.04. The highest BCUT2D eigenvalue weighted by Gasteiger charge is 2.34. The van der Waals surface area contributed by atoms with Crippen molar-refractivity contribution in [1.29, 1.82) is 0 Å². The fourth-order valence-corrected chi connectivity index (χ4v) is 6.10. The van der Waals surface area contributed by atoms with E-state index in [0.29, 0.717) is 17.9 Å². The van der Waals surface area contributed by atoms with E-state index in [1.807, 2.05) is 0 Å². The van der Waals surface area contributed by atoms with Crippen molar-refractivity contribution in [2.24, 2.45) is 23.7 Å². The lowest BCUT2D eigenvalue weighted by Crippen LogP contribution is -2.26. The van der Waals surface area contributed by atoms with Gasteiger partial charge in [-0.3, -0.25) is 0 Å². The van der Waals surface area contributed by atoms with Gasteiger partial charge in [-0.05, 0) is 99.7 Å². The average molecular weight is 487 g/mol. The summed E-state index contributed by atoms with van der Waals surface area (Å²) >= 11 is 0. The van der Waals surface area contributed by atoms with Crippen molar-refractivity contribution < 1.29 is 26.7 Å². The fourth-order valence-electron chi connectivity index (χ4n) is 6.10. The second-order valence-corrected chi connectivity index (χ2v) is 10.4. The van der Waals surface area contributed by atoms with Crippen molar-refractivity contribution in [1.82, 2.24) is 0 Å². The number of benzene rings is 1. The minimum absolute atomic E-state index is 0.385. The Hall–Kier alpha value is -1.59. The zero-order valence-corrected chi connectivity index (χ0v) is 20.3. The lowest BCUT2D eigenvalue weighted by Gasteiger charge is -2.38. The standard InChI is InChI=1S/C28H39F5O/c1-2-3-4-5-6-7-20-10-14-23(15-11-20)24-16-12-21(13-17-24)8-9-22-18-25(29)27(26(30)19-22)34-28(31,32)33/h2-3,18-21,23-24H,4-17H2,1H3/b3-2+. The van der Waals surface area contributed by atoms with Gasteiger partial charge in [0.05, 0.1) is 0 Å². The van der Waals surface area contributed by atoms with E-state index in [4.69, 9.17) is 0 Å². The van der Waals surface area contributed by atoms with E-state index < -0.39 is 23.7 Å². The van der Waals surface area contributed by atoms with Crippen LogP contribution in [0.15, 0.2) is 24.3 Å². The van der Waals surface area contributed by atoms with Gasteiger partial charge < -0.3 is 4.74 Å². The highest BCUT2D eigenvalue weighted by molar-refractivity contribution is 5.31. The molecular weight excluding hydrogens is 447 g/mol. The summed E-state index contributed by atoms with van der Waals surface area (Å²) < 4.78 is 68.3. The predicted octanol–water partition coefficient (Wildman–Crippen LogP) is 9.55. The van der Waals surface area contributed by atoms with E-state index in [0.717, 1.165) is 49.1 Å². The molecule has 0 aliphatic heterocycles. The molecule has 2 aliphatic carbocycles. The maximum Gasteiger partial charge on any atom is 0.573 e. The van der Waals surface area contributed by atoms with Crippen molar-refractivity contribution in [2.45, 2.75) is 103 Å². The van der Waals surface area contributed by atoms with Gasteiger partial charge in [-0.15, -0.1) is 13.2 Å². The number of ether oxygens (including phenoxy) is 1. The van der Waals surface area contributed by atoms with Crippen molar-refractivity contribution in [2.75, 3.05) is 0 Å². The summed E-state index contributed by atoms with van der Waals surface area (Å²) in [7, 11) is 0. The molecule has 0 aromatic heterocycles. The summed E-state index contributed by atoms with van der Waals surface area (Å²) in [5.74, 6) is -0.895. The zero-order valence-electron chi connectivity index (χ0n) is 20.3. The minimum atomic E-state index is -5.12. The van der Waals surface area contributed by atoms with E-state index >= 15 is 0 Å². The van der Waals surface area contributed by atoms with Gasteiger partial charge in [-0.25, -0.2) is 8.78 Å². The first-order valence-electron chi connectivity index (χ1n) is 13.1. The Labute approximate surface area is 201 Å². The molecule has 6 heteroatoms. The molecule has 1 aromatic carbocycles. The molecular formula is C28H39F5O. The van der Waals surface area contributed by atoms with Gasteiger partial charge in [-0.1, -0.05) is 50.7 Å². The molecule has 2 saturated carbocycles. The number of allylic oxidation sites excluding steroid dienone is 2. The topological polar surface area (TPSA) is 9.23 Å². The molecule has 0 amide bonds. The molecule has 192 valence electrons. The van der Waals surface area contributed by atoms with E-state index in [1.54, 1.807) is 0 Å². The number of alkyl halides is 3. The number of aryl methyl sites for hydroxylation is 1.